The lowest BCUT2D eigenvalue weighted by Gasteiger charge is -2.11. The van der Waals surface area contributed by atoms with Gasteiger partial charge in [-0.1, -0.05) is 103 Å². The predicted octanol–water partition coefficient (Wildman–Crippen LogP) is 10.5. The molecule has 2 aromatic heterocycles. The minimum Gasteiger partial charge on any atom is -0.309 e. The molecule has 2 heterocycles. The molecule has 178 valence electrons. The maximum Gasteiger partial charge on any atom is 0.0541 e. The van der Waals surface area contributed by atoms with Gasteiger partial charge in [0, 0.05) is 36.6 Å². The molecular formula is C36H23NS. The van der Waals surface area contributed by atoms with Crippen molar-refractivity contribution in [2.45, 2.75) is 0 Å². The van der Waals surface area contributed by atoms with Gasteiger partial charge >= 0.3 is 0 Å². The molecule has 8 rings (SSSR count). The summed E-state index contributed by atoms with van der Waals surface area (Å²) in [7, 11) is 0. The molecule has 2 heteroatoms. The van der Waals surface area contributed by atoms with Crippen molar-refractivity contribution in [2.24, 2.45) is 0 Å². The fourth-order valence-electron chi connectivity index (χ4n) is 5.79. The molecule has 0 amide bonds. The van der Waals surface area contributed by atoms with Crippen LogP contribution in [0.3, 0.4) is 0 Å². The summed E-state index contributed by atoms with van der Waals surface area (Å²) in [5, 5.41) is 5.26. The van der Waals surface area contributed by atoms with Crippen LogP contribution in [0.25, 0.3) is 69.9 Å². The Bertz CT molecular complexity index is 2070. The Balaban J connectivity index is 1.19. The van der Waals surface area contributed by atoms with Crippen LogP contribution in [0.5, 0.6) is 0 Å². The van der Waals surface area contributed by atoms with Crippen LogP contribution in [0.2, 0.25) is 0 Å². The third-order valence-electron chi connectivity index (χ3n) is 7.61. The van der Waals surface area contributed by atoms with Crippen LogP contribution < -0.4 is 0 Å². The first-order valence-electron chi connectivity index (χ1n) is 12.9. The van der Waals surface area contributed by atoms with E-state index in [-0.39, 0.29) is 0 Å². The molecule has 0 saturated heterocycles. The molecule has 0 saturated carbocycles. The van der Waals surface area contributed by atoms with Gasteiger partial charge < -0.3 is 4.57 Å². The average Bonchev–Trinajstić information content (AvgIpc) is 3.53. The summed E-state index contributed by atoms with van der Waals surface area (Å²) in [6.45, 7) is 0. The van der Waals surface area contributed by atoms with Gasteiger partial charge in [0.05, 0.1) is 11.0 Å². The van der Waals surface area contributed by atoms with E-state index in [1.165, 1.54) is 69.9 Å². The van der Waals surface area contributed by atoms with Crippen molar-refractivity contribution in [2.75, 3.05) is 0 Å². The summed E-state index contributed by atoms with van der Waals surface area (Å²) in [6.07, 6.45) is 0. The van der Waals surface area contributed by atoms with Gasteiger partial charge in [-0.3, -0.25) is 0 Å². The molecule has 0 N–H and O–H groups in total. The molecule has 0 bridgehead atoms. The Morgan fingerprint density at radius 3 is 1.63 bits per heavy atom. The minimum atomic E-state index is 1.18. The molecule has 0 spiro atoms. The summed E-state index contributed by atoms with van der Waals surface area (Å²) in [5.74, 6) is 0. The van der Waals surface area contributed by atoms with E-state index >= 15 is 0 Å². The lowest BCUT2D eigenvalue weighted by Crippen LogP contribution is -1.94. The van der Waals surface area contributed by atoms with Crippen LogP contribution in [0.15, 0.2) is 140 Å². The van der Waals surface area contributed by atoms with Crippen molar-refractivity contribution in [3.05, 3.63) is 140 Å². The van der Waals surface area contributed by atoms with E-state index in [0.717, 1.165) is 0 Å². The van der Waals surface area contributed by atoms with Crippen LogP contribution in [-0.2, 0) is 0 Å². The number of benzene rings is 6. The van der Waals surface area contributed by atoms with Gasteiger partial charge in [0.1, 0.15) is 0 Å². The highest BCUT2D eigenvalue weighted by Crippen LogP contribution is 2.37. The molecule has 38 heavy (non-hydrogen) atoms. The zero-order valence-corrected chi connectivity index (χ0v) is 21.5. The van der Waals surface area contributed by atoms with Crippen LogP contribution in [0.1, 0.15) is 0 Å². The van der Waals surface area contributed by atoms with E-state index < -0.39 is 0 Å². The highest BCUT2D eigenvalue weighted by molar-refractivity contribution is 7.25. The van der Waals surface area contributed by atoms with E-state index in [9.17, 15) is 0 Å². The van der Waals surface area contributed by atoms with Crippen LogP contribution in [-0.4, -0.2) is 4.57 Å². The van der Waals surface area contributed by atoms with Gasteiger partial charge in [0.25, 0.3) is 0 Å². The van der Waals surface area contributed by atoms with Crippen LogP contribution in [0.4, 0.5) is 0 Å². The van der Waals surface area contributed by atoms with Crippen molar-refractivity contribution in [1.82, 2.24) is 4.57 Å². The second-order valence-corrected chi connectivity index (χ2v) is 10.9. The molecule has 0 aliphatic carbocycles. The number of para-hydroxylation sites is 2. The van der Waals surface area contributed by atoms with Crippen molar-refractivity contribution in [3.63, 3.8) is 0 Å². The number of hydrogen-bond donors (Lipinski definition) is 0. The Morgan fingerprint density at radius 2 is 0.921 bits per heavy atom. The summed E-state index contributed by atoms with van der Waals surface area (Å²) >= 11 is 1.87. The van der Waals surface area contributed by atoms with Crippen molar-refractivity contribution < 1.29 is 0 Å². The Kier molecular flexibility index (Phi) is 4.76. The number of hydrogen-bond acceptors (Lipinski definition) is 1. The van der Waals surface area contributed by atoms with E-state index in [0.29, 0.717) is 0 Å². The van der Waals surface area contributed by atoms with Gasteiger partial charge in [-0.15, -0.1) is 11.3 Å². The lowest BCUT2D eigenvalue weighted by atomic mass is 9.99. The highest BCUT2D eigenvalue weighted by atomic mass is 32.1. The second-order valence-electron chi connectivity index (χ2n) is 9.81. The molecule has 0 radical (unpaired) electrons. The van der Waals surface area contributed by atoms with Crippen molar-refractivity contribution in [3.8, 4) is 27.9 Å². The first-order valence-corrected chi connectivity index (χ1v) is 13.8. The Morgan fingerprint density at radius 1 is 0.368 bits per heavy atom. The first kappa shape index (κ1) is 21.4. The fraction of sp³-hybridized carbons (Fsp3) is 0. The van der Waals surface area contributed by atoms with Gasteiger partial charge in [-0.25, -0.2) is 0 Å². The molecule has 0 aliphatic rings. The molecule has 1 nitrogen and oxygen atoms in total. The van der Waals surface area contributed by atoms with E-state index in [1.54, 1.807) is 0 Å². The number of nitrogens with zero attached hydrogens (tertiary/aromatic N) is 1. The summed E-state index contributed by atoms with van der Waals surface area (Å²) in [4.78, 5) is 0. The van der Waals surface area contributed by atoms with Gasteiger partial charge in [-0.05, 0) is 58.7 Å². The maximum atomic E-state index is 2.38. The summed E-state index contributed by atoms with van der Waals surface area (Å²) in [5.41, 5.74) is 8.59. The van der Waals surface area contributed by atoms with Gasteiger partial charge in [0.2, 0.25) is 0 Å². The molecule has 6 aromatic carbocycles. The number of fused-ring (bicyclic) bond motifs is 6. The van der Waals surface area contributed by atoms with E-state index in [4.69, 9.17) is 0 Å². The quantitative estimate of drug-likeness (QED) is 0.227. The topological polar surface area (TPSA) is 4.93 Å². The third kappa shape index (κ3) is 3.31. The van der Waals surface area contributed by atoms with Gasteiger partial charge in [0.15, 0.2) is 0 Å². The molecule has 0 fully saturated rings. The molecular weight excluding hydrogens is 478 g/mol. The highest BCUT2D eigenvalue weighted by Gasteiger charge is 2.12. The predicted molar refractivity (Wildman–Crippen MR) is 165 cm³/mol. The third-order valence-corrected chi connectivity index (χ3v) is 8.75. The average molecular weight is 502 g/mol. The van der Waals surface area contributed by atoms with Crippen LogP contribution >= 0.6 is 11.3 Å². The number of rotatable bonds is 3. The SMILES string of the molecule is c1cc(-c2ccc(-c3ccc4c(c3)sc3ccccc34)cc2)cc(-n2c3ccccc3c3ccccc32)c1. The second kappa shape index (κ2) is 8.44. The standard InChI is InChI=1S/C36H23NS/c1-4-13-33-29(10-1)30-11-2-5-14-34(30)37(33)28-9-7-8-26(22-28)24-16-18-25(19-17-24)27-20-21-32-31-12-3-6-15-35(31)38-36(32)23-27/h1-23H. The number of aromatic nitrogens is 1. The summed E-state index contributed by atoms with van der Waals surface area (Å²) < 4.78 is 5.06. The Hall–Kier alpha value is -4.66. The monoisotopic (exact) mass is 501 g/mol. The fourth-order valence-corrected chi connectivity index (χ4v) is 6.93. The van der Waals surface area contributed by atoms with E-state index in [1.807, 2.05) is 11.3 Å². The zero-order valence-electron chi connectivity index (χ0n) is 20.6. The molecule has 0 aliphatic heterocycles. The smallest absolute Gasteiger partial charge is 0.0541 e. The van der Waals surface area contributed by atoms with E-state index in [2.05, 4.69) is 144 Å². The maximum absolute atomic E-state index is 2.38. The largest absolute Gasteiger partial charge is 0.309 e. The van der Waals surface area contributed by atoms with Crippen molar-refractivity contribution in [1.29, 1.82) is 0 Å². The van der Waals surface area contributed by atoms with Crippen LogP contribution in [0, 0.1) is 0 Å². The normalized spacial score (nSPS) is 11.7. The molecule has 0 unspecified atom stereocenters. The zero-order chi connectivity index (χ0) is 25.1. The van der Waals surface area contributed by atoms with Gasteiger partial charge in [-0.2, -0.15) is 0 Å². The number of thiophene rings is 1. The molecule has 8 aromatic rings. The minimum absolute atomic E-state index is 1.18. The molecule has 0 atom stereocenters. The lowest BCUT2D eigenvalue weighted by molar-refractivity contribution is 1.18. The van der Waals surface area contributed by atoms with Crippen molar-refractivity contribution >= 4 is 53.3 Å². The summed E-state index contributed by atoms with van der Waals surface area (Å²) in [6, 6.07) is 50.7. The first-order chi connectivity index (χ1) is 18.8. The Labute approximate surface area is 224 Å².